The summed E-state index contributed by atoms with van der Waals surface area (Å²) in [5.74, 6) is -0.619. The minimum absolute atomic E-state index is 0.0513. The van der Waals surface area contributed by atoms with Crippen molar-refractivity contribution in [3.8, 4) is 0 Å². The fourth-order valence-corrected chi connectivity index (χ4v) is 3.99. The van der Waals surface area contributed by atoms with E-state index in [1.54, 1.807) is 20.9 Å². The van der Waals surface area contributed by atoms with Crippen LogP contribution in [0.4, 0.5) is 0 Å². The zero-order valence-electron chi connectivity index (χ0n) is 11.9. The number of nitrogens with zero attached hydrogens (tertiary/aromatic N) is 2. The highest BCUT2D eigenvalue weighted by molar-refractivity contribution is 7.98. The lowest BCUT2D eigenvalue weighted by molar-refractivity contribution is -0.139. The van der Waals surface area contributed by atoms with E-state index < -0.39 is 22.0 Å². The molecule has 0 aromatic carbocycles. The number of sulfonamides is 1. The molecule has 0 aliphatic carbocycles. The molecular weight excluding hydrogens is 302 g/mol. The molecule has 114 valence electrons. The molecule has 0 fully saturated rings. The summed E-state index contributed by atoms with van der Waals surface area (Å²) in [5, 5.41) is 13.1. The van der Waals surface area contributed by atoms with Gasteiger partial charge in [0, 0.05) is 7.05 Å². The summed E-state index contributed by atoms with van der Waals surface area (Å²) < 4.78 is 28.4. The zero-order chi connectivity index (χ0) is 15.5. The second-order valence-corrected chi connectivity index (χ2v) is 7.05. The van der Waals surface area contributed by atoms with E-state index in [0.29, 0.717) is 17.1 Å². The maximum atomic E-state index is 12.3. The van der Waals surface area contributed by atoms with E-state index in [-0.39, 0.29) is 11.3 Å². The average molecular weight is 321 g/mol. The molecule has 0 bridgehead atoms. The first-order valence-electron chi connectivity index (χ1n) is 5.95. The number of hydrogen-bond donors (Lipinski definition) is 2. The standard InChI is InChI=1S/C11H19N3O4S2/c1-7-10(8(2)14(3)12-7)20(17,18)13-9(11(15)16)5-6-19-4/h9,13H,5-6H2,1-4H3,(H,15,16). The molecule has 1 atom stereocenters. The summed E-state index contributed by atoms with van der Waals surface area (Å²) in [7, 11) is -2.26. The van der Waals surface area contributed by atoms with Gasteiger partial charge in [-0.05, 0) is 32.3 Å². The van der Waals surface area contributed by atoms with Crippen LogP contribution in [0.5, 0.6) is 0 Å². The number of aliphatic carboxylic acids is 1. The molecular formula is C11H19N3O4S2. The summed E-state index contributed by atoms with van der Waals surface area (Å²) in [6.45, 7) is 3.21. The smallest absolute Gasteiger partial charge is 0.321 e. The first-order chi connectivity index (χ1) is 9.20. The number of hydrogen-bond acceptors (Lipinski definition) is 5. The van der Waals surface area contributed by atoms with E-state index in [4.69, 9.17) is 5.11 Å². The Morgan fingerprint density at radius 3 is 2.50 bits per heavy atom. The Kier molecular flexibility index (Phi) is 5.60. The highest BCUT2D eigenvalue weighted by Gasteiger charge is 2.29. The molecule has 0 saturated heterocycles. The van der Waals surface area contributed by atoms with Crippen LogP contribution in [0.15, 0.2) is 4.90 Å². The van der Waals surface area contributed by atoms with Gasteiger partial charge in [-0.2, -0.15) is 21.6 Å². The number of thioether (sulfide) groups is 1. The zero-order valence-corrected chi connectivity index (χ0v) is 13.5. The van der Waals surface area contributed by atoms with Crippen molar-refractivity contribution in [3.05, 3.63) is 11.4 Å². The molecule has 1 aromatic rings. The van der Waals surface area contributed by atoms with Gasteiger partial charge in [0.2, 0.25) is 10.0 Å². The lowest BCUT2D eigenvalue weighted by atomic mass is 10.2. The summed E-state index contributed by atoms with van der Waals surface area (Å²) in [6.07, 6.45) is 2.07. The SMILES string of the molecule is CSCCC(NS(=O)(=O)c1c(C)nn(C)c1C)C(=O)O. The van der Waals surface area contributed by atoms with E-state index in [1.807, 2.05) is 6.26 Å². The third-order valence-electron chi connectivity index (χ3n) is 2.92. The molecule has 20 heavy (non-hydrogen) atoms. The first kappa shape index (κ1) is 17.0. The Bertz CT molecular complexity index is 595. The maximum absolute atomic E-state index is 12.3. The number of carboxylic acid groups (broad SMARTS) is 1. The Morgan fingerprint density at radius 2 is 2.10 bits per heavy atom. The summed E-state index contributed by atoms with van der Waals surface area (Å²) >= 11 is 1.46. The van der Waals surface area contributed by atoms with Crippen LogP contribution in [0.25, 0.3) is 0 Å². The highest BCUT2D eigenvalue weighted by atomic mass is 32.2. The van der Waals surface area contributed by atoms with Crippen molar-refractivity contribution in [2.45, 2.75) is 31.2 Å². The molecule has 1 aromatic heterocycles. The summed E-state index contributed by atoms with van der Waals surface area (Å²) in [5.41, 5.74) is 0.829. The van der Waals surface area contributed by atoms with Crippen molar-refractivity contribution >= 4 is 27.8 Å². The highest BCUT2D eigenvalue weighted by Crippen LogP contribution is 2.19. The number of carbonyl (C=O) groups is 1. The van der Waals surface area contributed by atoms with Gasteiger partial charge >= 0.3 is 5.97 Å². The molecule has 2 N–H and O–H groups in total. The summed E-state index contributed by atoms with van der Waals surface area (Å²) in [4.78, 5) is 11.2. The fourth-order valence-electron chi connectivity index (χ4n) is 1.86. The molecule has 0 radical (unpaired) electrons. The number of rotatable bonds is 7. The van der Waals surface area contributed by atoms with Crippen molar-refractivity contribution in [1.82, 2.24) is 14.5 Å². The minimum Gasteiger partial charge on any atom is -0.480 e. The molecule has 0 amide bonds. The van der Waals surface area contributed by atoms with E-state index >= 15 is 0 Å². The Labute approximate surface area is 122 Å². The van der Waals surface area contributed by atoms with Gasteiger partial charge in [0.05, 0.1) is 11.4 Å². The average Bonchev–Trinajstić information content (AvgIpc) is 2.58. The van der Waals surface area contributed by atoms with Gasteiger partial charge in [-0.3, -0.25) is 9.48 Å². The Balaban J connectivity index is 3.07. The third kappa shape index (κ3) is 3.74. The van der Waals surface area contributed by atoms with Gasteiger partial charge in [-0.25, -0.2) is 8.42 Å². The van der Waals surface area contributed by atoms with Gasteiger partial charge < -0.3 is 5.11 Å². The molecule has 9 heteroatoms. The maximum Gasteiger partial charge on any atom is 0.321 e. The largest absolute Gasteiger partial charge is 0.480 e. The van der Waals surface area contributed by atoms with Crippen LogP contribution in [-0.2, 0) is 21.9 Å². The predicted molar refractivity (Wildman–Crippen MR) is 77.4 cm³/mol. The van der Waals surface area contributed by atoms with Crippen molar-refractivity contribution in [1.29, 1.82) is 0 Å². The number of carboxylic acids is 1. The lowest BCUT2D eigenvalue weighted by Gasteiger charge is -2.14. The van der Waals surface area contributed by atoms with Gasteiger partial charge in [-0.15, -0.1) is 0 Å². The van der Waals surface area contributed by atoms with Crippen LogP contribution < -0.4 is 4.72 Å². The molecule has 1 unspecified atom stereocenters. The monoisotopic (exact) mass is 321 g/mol. The fraction of sp³-hybridized carbons (Fsp3) is 0.636. The molecule has 1 heterocycles. The van der Waals surface area contributed by atoms with Gasteiger partial charge in [0.25, 0.3) is 0 Å². The second kappa shape index (κ2) is 6.59. The normalized spacial score (nSPS) is 13.4. The van der Waals surface area contributed by atoms with E-state index in [0.717, 1.165) is 0 Å². The quantitative estimate of drug-likeness (QED) is 0.759. The van der Waals surface area contributed by atoms with Crippen LogP contribution in [0, 0.1) is 13.8 Å². The van der Waals surface area contributed by atoms with Gasteiger partial charge in [-0.1, -0.05) is 0 Å². The van der Waals surface area contributed by atoms with Crippen molar-refractivity contribution in [2.75, 3.05) is 12.0 Å². The van der Waals surface area contributed by atoms with E-state index in [2.05, 4.69) is 9.82 Å². The van der Waals surface area contributed by atoms with Crippen molar-refractivity contribution in [2.24, 2.45) is 7.05 Å². The molecule has 1 rings (SSSR count). The van der Waals surface area contributed by atoms with Gasteiger partial charge in [0.15, 0.2) is 0 Å². The molecule has 0 saturated carbocycles. The topological polar surface area (TPSA) is 101 Å². The molecule has 0 aliphatic rings. The third-order valence-corrected chi connectivity index (χ3v) is 5.28. The van der Waals surface area contributed by atoms with Crippen LogP contribution >= 0.6 is 11.8 Å². The predicted octanol–water partition coefficient (Wildman–Crippen LogP) is 0.522. The Hall–Kier alpha value is -1.06. The van der Waals surface area contributed by atoms with Crippen LogP contribution in [0.3, 0.4) is 0 Å². The van der Waals surface area contributed by atoms with Crippen LogP contribution in [0.1, 0.15) is 17.8 Å². The van der Waals surface area contributed by atoms with E-state index in [1.165, 1.54) is 16.4 Å². The second-order valence-electron chi connectivity index (χ2n) is 4.42. The van der Waals surface area contributed by atoms with Crippen LogP contribution in [0.2, 0.25) is 0 Å². The van der Waals surface area contributed by atoms with Crippen molar-refractivity contribution < 1.29 is 18.3 Å². The molecule has 0 aliphatic heterocycles. The van der Waals surface area contributed by atoms with Gasteiger partial charge in [0.1, 0.15) is 10.9 Å². The lowest BCUT2D eigenvalue weighted by Crippen LogP contribution is -2.41. The van der Waals surface area contributed by atoms with Crippen LogP contribution in [-0.4, -0.2) is 47.3 Å². The van der Waals surface area contributed by atoms with Crippen molar-refractivity contribution in [3.63, 3.8) is 0 Å². The Morgan fingerprint density at radius 1 is 1.50 bits per heavy atom. The molecule has 7 nitrogen and oxygen atoms in total. The number of aryl methyl sites for hydroxylation is 2. The minimum atomic E-state index is -3.90. The van der Waals surface area contributed by atoms with E-state index in [9.17, 15) is 13.2 Å². The number of aromatic nitrogens is 2. The summed E-state index contributed by atoms with van der Waals surface area (Å²) in [6, 6.07) is -1.13. The first-order valence-corrected chi connectivity index (χ1v) is 8.82. The molecule has 0 spiro atoms. The number of nitrogens with one attached hydrogen (secondary N) is 1.